The molecule has 0 atom stereocenters. The van der Waals surface area contributed by atoms with Crippen molar-refractivity contribution in [1.29, 1.82) is 0 Å². The molecule has 0 unspecified atom stereocenters. The highest BCUT2D eigenvalue weighted by atomic mass is 16.5. The van der Waals surface area contributed by atoms with Gasteiger partial charge in [-0.25, -0.2) is 0 Å². The zero-order valence-corrected chi connectivity index (χ0v) is 7.17. The first-order valence-electron chi connectivity index (χ1n) is 4.23. The highest BCUT2D eigenvalue weighted by Crippen LogP contribution is 2.19. The number of ether oxygens (including phenoxy) is 2. The van der Waals surface area contributed by atoms with Crippen molar-refractivity contribution in [3.8, 4) is 0 Å². The second kappa shape index (κ2) is 3.08. The van der Waals surface area contributed by atoms with Gasteiger partial charge in [-0.3, -0.25) is 9.59 Å². The van der Waals surface area contributed by atoms with E-state index in [1.54, 1.807) is 0 Å². The van der Waals surface area contributed by atoms with E-state index in [4.69, 9.17) is 9.47 Å². The summed E-state index contributed by atoms with van der Waals surface area (Å²) in [6.07, 6.45) is -0.0489. The Balaban J connectivity index is 2.17. The lowest BCUT2D eigenvalue weighted by molar-refractivity contribution is -0.125. The van der Waals surface area contributed by atoms with Crippen LogP contribution in [0.3, 0.4) is 0 Å². The van der Waals surface area contributed by atoms with Crippen molar-refractivity contribution < 1.29 is 19.1 Å². The molecule has 0 aliphatic carbocycles. The van der Waals surface area contributed by atoms with Crippen LogP contribution in [0, 0.1) is 0 Å². The molecule has 72 valence electrons. The van der Waals surface area contributed by atoms with Crippen LogP contribution in [0.15, 0.2) is 0 Å². The molecule has 0 aromatic carbocycles. The van der Waals surface area contributed by atoms with Crippen LogP contribution in [0.4, 0.5) is 0 Å². The summed E-state index contributed by atoms with van der Waals surface area (Å²) in [6.45, 7) is 1.42. The third kappa shape index (κ3) is 1.45. The van der Waals surface area contributed by atoms with Crippen LogP contribution in [-0.4, -0.2) is 43.7 Å². The Kier molecular flexibility index (Phi) is 2.05. The molecule has 2 heterocycles. The number of amides is 1. The molecule has 5 nitrogen and oxygen atoms in total. The first-order valence-corrected chi connectivity index (χ1v) is 4.23. The first-order chi connectivity index (χ1) is 6.23. The third-order valence-electron chi connectivity index (χ3n) is 2.30. The van der Waals surface area contributed by atoms with Crippen LogP contribution < -0.4 is 5.32 Å². The summed E-state index contributed by atoms with van der Waals surface area (Å²) in [4.78, 5) is 22.5. The molecule has 5 heteroatoms. The molecule has 2 saturated heterocycles. The highest BCUT2D eigenvalue weighted by molar-refractivity contribution is 6.10. The molecule has 0 aromatic rings. The van der Waals surface area contributed by atoms with E-state index in [1.165, 1.54) is 0 Å². The lowest BCUT2D eigenvalue weighted by Gasteiger charge is -2.23. The van der Waals surface area contributed by atoms with E-state index in [0.29, 0.717) is 13.2 Å². The zero-order valence-electron chi connectivity index (χ0n) is 7.17. The third-order valence-corrected chi connectivity index (χ3v) is 2.30. The molecular weight excluding hydrogens is 174 g/mol. The van der Waals surface area contributed by atoms with Gasteiger partial charge >= 0.3 is 0 Å². The maximum absolute atomic E-state index is 11.5. The standard InChI is InChI=1S/C8H11NO4/c10-6-3-7(11)9-8(6)4-12-1-2-13-5-8/h1-5H2,(H,9,11). The van der Waals surface area contributed by atoms with Crippen molar-refractivity contribution in [2.24, 2.45) is 0 Å². The van der Waals surface area contributed by atoms with E-state index >= 15 is 0 Å². The van der Waals surface area contributed by atoms with Gasteiger partial charge in [0.25, 0.3) is 0 Å². The van der Waals surface area contributed by atoms with Gasteiger partial charge in [-0.2, -0.15) is 0 Å². The maximum atomic E-state index is 11.5. The van der Waals surface area contributed by atoms with Gasteiger partial charge in [0, 0.05) is 0 Å². The Morgan fingerprint density at radius 3 is 2.23 bits per heavy atom. The Hall–Kier alpha value is -0.940. The Labute approximate surface area is 75.4 Å². The van der Waals surface area contributed by atoms with Crippen molar-refractivity contribution in [2.45, 2.75) is 12.0 Å². The predicted molar refractivity (Wildman–Crippen MR) is 42.1 cm³/mol. The number of nitrogens with one attached hydrogen (secondary N) is 1. The van der Waals surface area contributed by atoms with Gasteiger partial charge in [-0.05, 0) is 0 Å². The summed E-state index contributed by atoms with van der Waals surface area (Å²) in [6, 6.07) is 0. The monoisotopic (exact) mass is 185 g/mol. The first kappa shape index (κ1) is 8.65. The Bertz CT molecular complexity index is 243. The second-order valence-electron chi connectivity index (χ2n) is 3.34. The van der Waals surface area contributed by atoms with Crippen molar-refractivity contribution >= 4 is 11.7 Å². The summed E-state index contributed by atoms with van der Waals surface area (Å²) in [7, 11) is 0. The van der Waals surface area contributed by atoms with Crippen LogP contribution in [0.5, 0.6) is 0 Å². The van der Waals surface area contributed by atoms with Crippen molar-refractivity contribution in [3.63, 3.8) is 0 Å². The number of ketones is 1. The largest absolute Gasteiger partial charge is 0.376 e. The molecule has 0 bridgehead atoms. The van der Waals surface area contributed by atoms with Crippen LogP contribution in [0.2, 0.25) is 0 Å². The van der Waals surface area contributed by atoms with Crippen molar-refractivity contribution in [2.75, 3.05) is 26.4 Å². The number of carbonyl (C=O) groups excluding carboxylic acids is 2. The van der Waals surface area contributed by atoms with E-state index in [-0.39, 0.29) is 31.3 Å². The molecule has 2 aliphatic rings. The van der Waals surface area contributed by atoms with Gasteiger partial charge < -0.3 is 14.8 Å². The predicted octanol–water partition coefficient (Wildman–Crippen LogP) is -1.14. The lowest BCUT2D eigenvalue weighted by Crippen LogP contribution is -2.53. The summed E-state index contributed by atoms with van der Waals surface area (Å²) < 4.78 is 10.4. The molecule has 0 radical (unpaired) electrons. The zero-order chi connectivity index (χ0) is 9.31. The van der Waals surface area contributed by atoms with Gasteiger partial charge in [-0.15, -0.1) is 0 Å². The van der Waals surface area contributed by atoms with E-state index < -0.39 is 5.54 Å². The Morgan fingerprint density at radius 2 is 1.77 bits per heavy atom. The van der Waals surface area contributed by atoms with Crippen LogP contribution in [0.25, 0.3) is 0 Å². The SMILES string of the molecule is O=C1CC(=O)C2(COCCOC2)N1. The van der Waals surface area contributed by atoms with Gasteiger partial charge in [0.15, 0.2) is 5.78 Å². The molecule has 2 rings (SSSR count). The van der Waals surface area contributed by atoms with E-state index in [2.05, 4.69) is 5.32 Å². The van der Waals surface area contributed by atoms with Gasteiger partial charge in [0.1, 0.15) is 5.54 Å². The van der Waals surface area contributed by atoms with Crippen molar-refractivity contribution in [1.82, 2.24) is 5.32 Å². The minimum Gasteiger partial charge on any atom is -0.376 e. The van der Waals surface area contributed by atoms with E-state index in [0.717, 1.165) is 0 Å². The molecule has 1 spiro atoms. The summed E-state index contributed by atoms with van der Waals surface area (Å²) in [5.74, 6) is -0.362. The fourth-order valence-corrected chi connectivity index (χ4v) is 1.58. The van der Waals surface area contributed by atoms with Crippen LogP contribution in [0.1, 0.15) is 6.42 Å². The molecule has 0 saturated carbocycles. The number of hydrogen-bond acceptors (Lipinski definition) is 4. The smallest absolute Gasteiger partial charge is 0.228 e. The molecule has 2 aliphatic heterocycles. The van der Waals surface area contributed by atoms with Gasteiger partial charge in [-0.1, -0.05) is 0 Å². The van der Waals surface area contributed by atoms with Crippen LogP contribution >= 0.6 is 0 Å². The van der Waals surface area contributed by atoms with Gasteiger partial charge in [0.05, 0.1) is 32.8 Å². The lowest BCUT2D eigenvalue weighted by atomic mass is 9.99. The van der Waals surface area contributed by atoms with Gasteiger partial charge in [0.2, 0.25) is 5.91 Å². The normalized spacial score (nSPS) is 27.4. The fraction of sp³-hybridized carbons (Fsp3) is 0.750. The maximum Gasteiger partial charge on any atom is 0.228 e. The molecule has 2 fully saturated rings. The molecule has 13 heavy (non-hydrogen) atoms. The summed E-state index contributed by atoms with van der Waals surface area (Å²) in [5, 5.41) is 2.62. The second-order valence-corrected chi connectivity index (χ2v) is 3.34. The van der Waals surface area contributed by atoms with E-state index in [1.807, 2.05) is 0 Å². The molecular formula is C8H11NO4. The minimum atomic E-state index is -0.895. The number of Topliss-reactive ketones (excluding diaryl/α,β-unsaturated/α-hetero) is 1. The number of rotatable bonds is 0. The average Bonchev–Trinajstić information content (AvgIpc) is 2.29. The van der Waals surface area contributed by atoms with Crippen LogP contribution in [-0.2, 0) is 19.1 Å². The summed E-state index contributed by atoms with van der Waals surface area (Å²) >= 11 is 0. The average molecular weight is 185 g/mol. The summed E-state index contributed by atoms with van der Waals surface area (Å²) in [5.41, 5.74) is -0.895. The fourth-order valence-electron chi connectivity index (χ4n) is 1.58. The van der Waals surface area contributed by atoms with Crippen molar-refractivity contribution in [3.05, 3.63) is 0 Å². The molecule has 1 N–H and O–H groups in total. The molecule has 0 aromatic heterocycles. The highest BCUT2D eigenvalue weighted by Gasteiger charge is 2.47. The molecule has 1 amide bonds. The van der Waals surface area contributed by atoms with E-state index in [9.17, 15) is 9.59 Å². The Morgan fingerprint density at radius 1 is 1.15 bits per heavy atom. The number of carbonyl (C=O) groups is 2. The number of hydrogen-bond donors (Lipinski definition) is 1. The quantitative estimate of drug-likeness (QED) is 0.484. The topological polar surface area (TPSA) is 64.6 Å². The minimum absolute atomic E-state index is 0.0489.